The number of thiophene rings is 1. The van der Waals surface area contributed by atoms with E-state index < -0.39 is 10.0 Å². The summed E-state index contributed by atoms with van der Waals surface area (Å²) in [5, 5.41) is 9.13. The predicted octanol–water partition coefficient (Wildman–Crippen LogP) is 2.41. The van der Waals surface area contributed by atoms with E-state index >= 15 is 0 Å². The van der Waals surface area contributed by atoms with Gasteiger partial charge >= 0.3 is 0 Å². The van der Waals surface area contributed by atoms with Gasteiger partial charge in [-0.3, -0.25) is 0 Å². The Hall–Kier alpha value is -0.430. The van der Waals surface area contributed by atoms with E-state index in [1.807, 2.05) is 6.92 Å². The van der Waals surface area contributed by atoms with Crippen molar-refractivity contribution in [2.75, 3.05) is 6.54 Å². The Morgan fingerprint density at radius 1 is 1.37 bits per heavy atom. The summed E-state index contributed by atoms with van der Waals surface area (Å²) in [6.07, 6.45) is 5.92. The molecule has 2 rings (SSSR count). The molecule has 1 aromatic rings. The van der Waals surface area contributed by atoms with E-state index in [0.29, 0.717) is 16.7 Å². The highest BCUT2D eigenvalue weighted by molar-refractivity contribution is 7.91. The Morgan fingerprint density at radius 3 is 2.63 bits per heavy atom. The van der Waals surface area contributed by atoms with Gasteiger partial charge in [0.2, 0.25) is 10.0 Å². The Kier molecular flexibility index (Phi) is 5.00. The van der Waals surface area contributed by atoms with Crippen molar-refractivity contribution in [3.63, 3.8) is 0 Å². The number of aliphatic hydroxyl groups is 1. The molecule has 1 aliphatic carbocycles. The van der Waals surface area contributed by atoms with Gasteiger partial charge in [0.15, 0.2) is 0 Å². The molecule has 0 atom stereocenters. The van der Waals surface area contributed by atoms with Crippen LogP contribution in [-0.2, 0) is 16.6 Å². The van der Waals surface area contributed by atoms with Gasteiger partial charge in [-0.25, -0.2) is 13.1 Å². The lowest BCUT2D eigenvalue weighted by Gasteiger charge is -2.21. The van der Waals surface area contributed by atoms with Crippen molar-refractivity contribution in [1.29, 1.82) is 0 Å². The Labute approximate surface area is 118 Å². The van der Waals surface area contributed by atoms with Crippen LogP contribution in [0.15, 0.2) is 10.3 Å². The number of rotatable bonds is 5. The van der Waals surface area contributed by atoms with E-state index in [9.17, 15) is 8.42 Å². The highest BCUT2D eigenvalue weighted by atomic mass is 32.2. The zero-order chi connectivity index (χ0) is 13.9. The van der Waals surface area contributed by atoms with Crippen LogP contribution < -0.4 is 4.72 Å². The van der Waals surface area contributed by atoms with Gasteiger partial charge in [0.25, 0.3) is 0 Å². The second-order valence-electron chi connectivity index (χ2n) is 5.19. The van der Waals surface area contributed by atoms with Crippen LogP contribution >= 0.6 is 11.3 Å². The summed E-state index contributed by atoms with van der Waals surface area (Å²) < 4.78 is 27.4. The van der Waals surface area contributed by atoms with Crippen LogP contribution in [0, 0.1) is 12.8 Å². The van der Waals surface area contributed by atoms with Gasteiger partial charge in [0.05, 0.1) is 6.61 Å². The van der Waals surface area contributed by atoms with Crippen molar-refractivity contribution in [1.82, 2.24) is 4.72 Å². The lowest BCUT2D eigenvalue weighted by Crippen LogP contribution is -2.29. The van der Waals surface area contributed by atoms with Gasteiger partial charge in [-0.2, -0.15) is 0 Å². The number of aryl methyl sites for hydroxylation is 1. The SMILES string of the molecule is Cc1cc(S(=O)(=O)NCC2CCCCC2)sc1CO. The fraction of sp³-hybridized carbons (Fsp3) is 0.692. The first-order chi connectivity index (χ1) is 9.03. The molecule has 0 spiro atoms. The zero-order valence-electron chi connectivity index (χ0n) is 11.2. The Bertz CT molecular complexity index is 516. The second-order valence-corrected chi connectivity index (χ2v) is 8.32. The number of hydrogen-bond donors (Lipinski definition) is 2. The summed E-state index contributed by atoms with van der Waals surface area (Å²) in [5.41, 5.74) is 0.838. The van der Waals surface area contributed by atoms with Crippen molar-refractivity contribution in [3.05, 3.63) is 16.5 Å². The van der Waals surface area contributed by atoms with E-state index in [4.69, 9.17) is 5.11 Å². The first-order valence-corrected chi connectivity index (χ1v) is 9.02. The predicted molar refractivity (Wildman–Crippen MR) is 76.7 cm³/mol. The van der Waals surface area contributed by atoms with Crippen LogP contribution in [0.25, 0.3) is 0 Å². The lowest BCUT2D eigenvalue weighted by molar-refractivity contribution is 0.285. The normalized spacial score (nSPS) is 17.8. The van der Waals surface area contributed by atoms with Gasteiger partial charge in [-0.15, -0.1) is 11.3 Å². The molecule has 0 bridgehead atoms. The summed E-state index contributed by atoms with van der Waals surface area (Å²) in [4.78, 5) is 0.720. The number of nitrogens with one attached hydrogen (secondary N) is 1. The molecule has 108 valence electrons. The van der Waals surface area contributed by atoms with Gasteiger partial charge in [-0.05, 0) is 37.3 Å². The summed E-state index contributed by atoms with van der Waals surface area (Å²) in [7, 11) is -3.41. The van der Waals surface area contributed by atoms with Gasteiger partial charge in [0.1, 0.15) is 4.21 Å². The van der Waals surface area contributed by atoms with Crippen LogP contribution in [0.1, 0.15) is 42.5 Å². The van der Waals surface area contributed by atoms with E-state index in [2.05, 4.69) is 4.72 Å². The van der Waals surface area contributed by atoms with E-state index in [1.165, 1.54) is 19.3 Å². The molecule has 1 fully saturated rings. The third-order valence-corrected chi connectivity index (χ3v) is 6.81. The monoisotopic (exact) mass is 303 g/mol. The van der Waals surface area contributed by atoms with Crippen molar-refractivity contribution < 1.29 is 13.5 Å². The molecule has 0 aliphatic heterocycles. The van der Waals surface area contributed by atoms with Crippen molar-refractivity contribution in [2.45, 2.75) is 49.8 Å². The summed E-state index contributed by atoms with van der Waals surface area (Å²) >= 11 is 1.15. The molecule has 6 heteroatoms. The van der Waals surface area contributed by atoms with Crippen LogP contribution in [0.2, 0.25) is 0 Å². The molecule has 2 N–H and O–H groups in total. The maximum absolute atomic E-state index is 12.2. The minimum absolute atomic E-state index is 0.103. The summed E-state index contributed by atoms with van der Waals surface area (Å²) in [5.74, 6) is 0.474. The standard InChI is InChI=1S/C13H21NO3S2/c1-10-7-13(18-12(10)9-15)19(16,17)14-8-11-5-3-2-4-6-11/h7,11,14-15H,2-6,8-9H2,1H3. The van der Waals surface area contributed by atoms with Gasteiger partial charge < -0.3 is 5.11 Å². The maximum Gasteiger partial charge on any atom is 0.250 e. The van der Waals surface area contributed by atoms with Gasteiger partial charge in [-0.1, -0.05) is 19.3 Å². The first kappa shape index (κ1) is 15.0. The molecule has 1 saturated carbocycles. The van der Waals surface area contributed by atoms with Crippen LogP contribution in [0.4, 0.5) is 0 Å². The minimum Gasteiger partial charge on any atom is -0.391 e. The smallest absolute Gasteiger partial charge is 0.250 e. The maximum atomic E-state index is 12.2. The molecule has 4 nitrogen and oxygen atoms in total. The van der Waals surface area contributed by atoms with E-state index in [1.54, 1.807) is 6.07 Å². The summed E-state index contributed by atoms with van der Waals surface area (Å²) in [6, 6.07) is 1.64. The molecule has 0 unspecified atom stereocenters. The highest BCUT2D eigenvalue weighted by Gasteiger charge is 2.21. The molecule has 1 heterocycles. The summed E-state index contributed by atoms with van der Waals surface area (Å²) in [6.45, 7) is 2.25. The van der Waals surface area contributed by atoms with Crippen molar-refractivity contribution in [3.8, 4) is 0 Å². The molecule has 1 aromatic heterocycles. The molecular formula is C13H21NO3S2. The van der Waals surface area contributed by atoms with Crippen LogP contribution in [0.5, 0.6) is 0 Å². The minimum atomic E-state index is -3.41. The van der Waals surface area contributed by atoms with Crippen LogP contribution in [-0.4, -0.2) is 20.1 Å². The quantitative estimate of drug-likeness (QED) is 0.878. The Morgan fingerprint density at radius 2 is 2.05 bits per heavy atom. The molecule has 19 heavy (non-hydrogen) atoms. The first-order valence-electron chi connectivity index (χ1n) is 6.73. The highest BCUT2D eigenvalue weighted by Crippen LogP contribution is 2.27. The fourth-order valence-corrected chi connectivity index (χ4v) is 5.08. The third kappa shape index (κ3) is 3.78. The molecule has 0 amide bonds. The van der Waals surface area contributed by atoms with Gasteiger partial charge in [0, 0.05) is 11.4 Å². The average molecular weight is 303 g/mol. The zero-order valence-corrected chi connectivity index (χ0v) is 12.8. The lowest BCUT2D eigenvalue weighted by atomic mass is 9.90. The number of sulfonamides is 1. The fourth-order valence-electron chi connectivity index (χ4n) is 2.47. The van der Waals surface area contributed by atoms with Crippen molar-refractivity contribution in [2.24, 2.45) is 5.92 Å². The topological polar surface area (TPSA) is 66.4 Å². The number of hydrogen-bond acceptors (Lipinski definition) is 4. The number of aliphatic hydroxyl groups excluding tert-OH is 1. The second kappa shape index (κ2) is 6.35. The molecule has 0 saturated heterocycles. The van der Waals surface area contributed by atoms with Crippen LogP contribution in [0.3, 0.4) is 0 Å². The Balaban J connectivity index is 2.00. The largest absolute Gasteiger partial charge is 0.391 e. The molecule has 0 radical (unpaired) electrons. The van der Waals surface area contributed by atoms with E-state index in [0.717, 1.165) is 34.6 Å². The van der Waals surface area contributed by atoms with Crippen molar-refractivity contribution >= 4 is 21.4 Å². The third-order valence-electron chi connectivity index (χ3n) is 3.69. The molecule has 0 aromatic carbocycles. The average Bonchev–Trinajstić information content (AvgIpc) is 2.80. The van der Waals surface area contributed by atoms with E-state index in [-0.39, 0.29) is 6.61 Å². The molecular weight excluding hydrogens is 282 g/mol. The molecule has 1 aliphatic rings.